The van der Waals surface area contributed by atoms with Crippen molar-refractivity contribution in [2.24, 2.45) is 0 Å². The van der Waals surface area contributed by atoms with E-state index in [1.807, 2.05) is 7.05 Å². The molecule has 0 atom stereocenters. The number of hydrogen-bond donors (Lipinski definition) is 1. The maximum absolute atomic E-state index is 13.0. The number of likely N-dealkylation sites (tertiary alicyclic amines) is 1. The maximum Gasteiger partial charge on any atom is 0.262 e. The van der Waals surface area contributed by atoms with E-state index in [4.69, 9.17) is 0 Å². The molecule has 1 N–H and O–H groups in total. The monoisotopic (exact) mass is 190 g/mol. The van der Waals surface area contributed by atoms with Gasteiger partial charge in [-0.3, -0.25) is 0 Å². The summed E-state index contributed by atoms with van der Waals surface area (Å²) >= 11 is 0. The van der Waals surface area contributed by atoms with Crippen LogP contribution in [0.1, 0.15) is 19.3 Å². The number of nitrogens with one attached hydrogen (secondary N) is 1. The average molecular weight is 190 g/mol. The summed E-state index contributed by atoms with van der Waals surface area (Å²) in [7, 11) is 2.04. The van der Waals surface area contributed by atoms with Gasteiger partial charge in [-0.15, -0.1) is 0 Å². The van der Waals surface area contributed by atoms with Crippen LogP contribution in [0.5, 0.6) is 0 Å². The van der Waals surface area contributed by atoms with Gasteiger partial charge in [-0.05, 0) is 33.0 Å². The highest BCUT2D eigenvalue weighted by Gasteiger charge is 2.49. The van der Waals surface area contributed by atoms with Crippen LogP contribution in [-0.2, 0) is 0 Å². The van der Waals surface area contributed by atoms with Crippen molar-refractivity contribution in [3.05, 3.63) is 0 Å². The first-order valence-electron chi connectivity index (χ1n) is 4.83. The first-order valence-corrected chi connectivity index (χ1v) is 4.83. The van der Waals surface area contributed by atoms with Crippen LogP contribution in [0, 0.1) is 0 Å². The lowest BCUT2D eigenvalue weighted by Crippen LogP contribution is -2.48. The van der Waals surface area contributed by atoms with Crippen molar-refractivity contribution in [2.45, 2.75) is 30.7 Å². The second kappa shape index (κ2) is 2.89. The molecule has 2 fully saturated rings. The normalized spacial score (nSPS) is 32.5. The second-order valence-electron chi connectivity index (χ2n) is 4.47. The van der Waals surface area contributed by atoms with E-state index < -0.39 is 5.92 Å². The van der Waals surface area contributed by atoms with Crippen molar-refractivity contribution in [1.82, 2.24) is 10.2 Å². The lowest BCUT2D eigenvalue weighted by atomic mass is 9.86. The van der Waals surface area contributed by atoms with Crippen molar-refractivity contribution in [1.29, 1.82) is 0 Å². The smallest absolute Gasteiger partial charge is 0.262 e. The molecule has 2 heterocycles. The number of nitrogens with zero attached hydrogens (tertiary/aromatic N) is 1. The van der Waals surface area contributed by atoms with Gasteiger partial charge in [0, 0.05) is 12.0 Å². The molecule has 0 aromatic rings. The second-order valence-corrected chi connectivity index (χ2v) is 4.47. The van der Waals surface area contributed by atoms with Crippen LogP contribution in [0.2, 0.25) is 0 Å². The first kappa shape index (κ1) is 9.34. The Labute approximate surface area is 77.3 Å². The summed E-state index contributed by atoms with van der Waals surface area (Å²) in [5, 5.41) is 3.01. The van der Waals surface area contributed by atoms with Crippen molar-refractivity contribution in [3.63, 3.8) is 0 Å². The fraction of sp³-hybridized carbons (Fsp3) is 1.00. The van der Waals surface area contributed by atoms with Crippen LogP contribution >= 0.6 is 0 Å². The molecule has 0 aliphatic carbocycles. The summed E-state index contributed by atoms with van der Waals surface area (Å²) in [6, 6.07) is 0. The molecule has 76 valence electrons. The highest BCUT2D eigenvalue weighted by Crippen LogP contribution is 2.38. The van der Waals surface area contributed by atoms with Gasteiger partial charge in [0.15, 0.2) is 0 Å². The Hall–Kier alpha value is -0.220. The molecule has 0 unspecified atom stereocenters. The molecule has 1 spiro atoms. The number of alkyl halides is 2. The molecule has 0 bridgehead atoms. The van der Waals surface area contributed by atoms with E-state index in [1.165, 1.54) is 0 Å². The van der Waals surface area contributed by atoms with Gasteiger partial charge in [-0.25, -0.2) is 8.78 Å². The van der Waals surface area contributed by atoms with E-state index >= 15 is 0 Å². The summed E-state index contributed by atoms with van der Waals surface area (Å²) in [6.07, 6.45) is 1.76. The third-order valence-corrected chi connectivity index (χ3v) is 3.26. The third kappa shape index (κ3) is 1.83. The van der Waals surface area contributed by atoms with Crippen LogP contribution < -0.4 is 5.32 Å². The summed E-state index contributed by atoms with van der Waals surface area (Å²) in [4.78, 5) is 2.20. The minimum absolute atomic E-state index is 0.0356. The molecule has 2 rings (SSSR count). The minimum atomic E-state index is -2.48. The number of rotatable bonds is 0. The number of piperidine rings is 1. The van der Waals surface area contributed by atoms with Crippen LogP contribution in [-0.4, -0.2) is 43.0 Å². The minimum Gasteiger partial charge on any atom is -0.306 e. The molecule has 2 nitrogen and oxygen atoms in total. The van der Waals surface area contributed by atoms with Crippen LogP contribution in [0.15, 0.2) is 0 Å². The van der Waals surface area contributed by atoms with E-state index in [2.05, 4.69) is 10.2 Å². The Balaban J connectivity index is 2.00. The zero-order valence-electron chi connectivity index (χ0n) is 7.95. The van der Waals surface area contributed by atoms with Gasteiger partial charge in [-0.1, -0.05) is 0 Å². The fourth-order valence-corrected chi connectivity index (χ4v) is 2.34. The van der Waals surface area contributed by atoms with Crippen LogP contribution in [0.25, 0.3) is 0 Å². The molecule has 0 saturated carbocycles. The SMILES string of the molecule is CN1CCC2(CC1)CC(F)(F)CN2. The lowest BCUT2D eigenvalue weighted by Gasteiger charge is -2.37. The van der Waals surface area contributed by atoms with Gasteiger partial charge in [0.05, 0.1) is 6.54 Å². The van der Waals surface area contributed by atoms with Gasteiger partial charge in [0.25, 0.3) is 5.92 Å². The van der Waals surface area contributed by atoms with E-state index in [-0.39, 0.29) is 18.5 Å². The molecular formula is C9H16F2N2. The molecule has 2 aliphatic heterocycles. The standard InChI is InChI=1S/C9H16F2N2/c1-13-4-2-8(3-5-13)6-9(10,11)7-12-8/h12H,2-7H2,1H3. The van der Waals surface area contributed by atoms with Gasteiger partial charge < -0.3 is 10.2 Å². The summed E-state index contributed by atoms with van der Waals surface area (Å²) in [5.74, 6) is -2.48. The van der Waals surface area contributed by atoms with Crippen molar-refractivity contribution in [2.75, 3.05) is 26.7 Å². The maximum atomic E-state index is 13.0. The fourth-order valence-electron chi connectivity index (χ4n) is 2.34. The topological polar surface area (TPSA) is 15.3 Å². The Morgan fingerprint density at radius 3 is 2.31 bits per heavy atom. The molecule has 2 saturated heterocycles. The van der Waals surface area contributed by atoms with Gasteiger partial charge in [-0.2, -0.15) is 0 Å². The van der Waals surface area contributed by atoms with Crippen LogP contribution in [0.4, 0.5) is 8.78 Å². The van der Waals surface area contributed by atoms with Crippen molar-refractivity contribution >= 4 is 0 Å². The summed E-state index contributed by atoms with van der Waals surface area (Å²) < 4.78 is 26.0. The predicted octanol–water partition coefficient (Wildman–Crippen LogP) is 1.08. The van der Waals surface area contributed by atoms with E-state index in [1.54, 1.807) is 0 Å². The quantitative estimate of drug-likeness (QED) is 0.615. The van der Waals surface area contributed by atoms with Gasteiger partial charge in [0.2, 0.25) is 0 Å². The van der Waals surface area contributed by atoms with Crippen LogP contribution in [0.3, 0.4) is 0 Å². The van der Waals surface area contributed by atoms with Gasteiger partial charge in [0.1, 0.15) is 0 Å². The number of hydrogen-bond acceptors (Lipinski definition) is 2. The van der Waals surface area contributed by atoms with E-state index in [0.29, 0.717) is 0 Å². The zero-order valence-corrected chi connectivity index (χ0v) is 7.95. The average Bonchev–Trinajstić information content (AvgIpc) is 2.35. The molecule has 2 aliphatic rings. The largest absolute Gasteiger partial charge is 0.306 e. The van der Waals surface area contributed by atoms with E-state index in [0.717, 1.165) is 25.9 Å². The molecule has 0 aromatic heterocycles. The highest BCUT2D eigenvalue weighted by molar-refractivity contribution is 5.02. The predicted molar refractivity (Wildman–Crippen MR) is 47.0 cm³/mol. The Morgan fingerprint density at radius 1 is 1.23 bits per heavy atom. The molecule has 0 amide bonds. The Kier molecular flexibility index (Phi) is 2.07. The summed E-state index contributed by atoms with van der Waals surface area (Å²) in [6.45, 7) is 1.74. The lowest BCUT2D eigenvalue weighted by molar-refractivity contribution is 0.0109. The Bertz CT molecular complexity index is 198. The Morgan fingerprint density at radius 2 is 1.85 bits per heavy atom. The molecule has 0 aromatic carbocycles. The summed E-state index contributed by atoms with van der Waals surface area (Å²) in [5.41, 5.74) is -0.254. The third-order valence-electron chi connectivity index (χ3n) is 3.26. The molecule has 0 radical (unpaired) electrons. The molecule has 4 heteroatoms. The van der Waals surface area contributed by atoms with Crippen molar-refractivity contribution in [3.8, 4) is 0 Å². The number of halogens is 2. The van der Waals surface area contributed by atoms with Gasteiger partial charge >= 0.3 is 0 Å². The highest BCUT2D eigenvalue weighted by atomic mass is 19.3. The van der Waals surface area contributed by atoms with E-state index in [9.17, 15) is 8.78 Å². The van der Waals surface area contributed by atoms with Crippen molar-refractivity contribution < 1.29 is 8.78 Å². The zero-order chi connectivity index (χ0) is 9.53. The first-order chi connectivity index (χ1) is 6.02. The molecule has 13 heavy (non-hydrogen) atoms. The molecular weight excluding hydrogens is 174 g/mol.